The lowest BCUT2D eigenvalue weighted by atomic mass is 9.77. The van der Waals surface area contributed by atoms with Gasteiger partial charge in [-0.3, -0.25) is 4.79 Å². The molecule has 0 aromatic heterocycles. The van der Waals surface area contributed by atoms with Crippen LogP contribution < -0.4 is 4.90 Å². The number of anilines is 1. The fourth-order valence-electron chi connectivity index (χ4n) is 4.69. The summed E-state index contributed by atoms with van der Waals surface area (Å²) in [7, 11) is -1.79. The van der Waals surface area contributed by atoms with E-state index in [1.807, 2.05) is 19.9 Å². The molecule has 1 saturated heterocycles. The normalized spacial score (nSPS) is 20.2. The second-order valence-corrected chi connectivity index (χ2v) is 11.2. The summed E-state index contributed by atoms with van der Waals surface area (Å²) in [6.07, 6.45) is 3.14. The zero-order valence-corrected chi connectivity index (χ0v) is 18.8. The van der Waals surface area contributed by atoms with E-state index in [0.717, 1.165) is 30.5 Å². The Balaban J connectivity index is 1.52. The molecule has 0 N–H and O–H groups in total. The summed E-state index contributed by atoms with van der Waals surface area (Å²) in [5.74, 6) is 0.574. The molecule has 2 aliphatic heterocycles. The first-order chi connectivity index (χ1) is 14.2. The highest BCUT2D eigenvalue weighted by molar-refractivity contribution is 7.89. The highest BCUT2D eigenvalue weighted by Crippen LogP contribution is 2.41. The Labute approximate surface area is 179 Å². The van der Waals surface area contributed by atoms with Crippen molar-refractivity contribution in [3.05, 3.63) is 59.7 Å². The van der Waals surface area contributed by atoms with Gasteiger partial charge in [-0.15, -0.1) is 0 Å². The van der Waals surface area contributed by atoms with E-state index in [4.69, 9.17) is 0 Å². The molecule has 2 heterocycles. The first-order valence-electron chi connectivity index (χ1n) is 10.6. The Kier molecular flexibility index (Phi) is 5.49. The molecule has 2 aliphatic rings. The topological polar surface area (TPSA) is 57.7 Å². The minimum atomic E-state index is -3.54. The lowest BCUT2D eigenvalue weighted by Gasteiger charge is -2.37. The predicted octanol–water partition coefficient (Wildman–Crippen LogP) is 3.97. The number of rotatable bonds is 4. The number of piperidine rings is 1. The van der Waals surface area contributed by atoms with Gasteiger partial charge in [0, 0.05) is 37.7 Å². The molecule has 1 fully saturated rings. The molecule has 0 radical (unpaired) electrons. The van der Waals surface area contributed by atoms with Crippen LogP contribution in [-0.2, 0) is 26.7 Å². The van der Waals surface area contributed by atoms with Gasteiger partial charge in [-0.1, -0.05) is 44.2 Å². The third-order valence-electron chi connectivity index (χ3n) is 6.60. The number of nitrogens with zero attached hydrogens (tertiary/aromatic N) is 2. The van der Waals surface area contributed by atoms with Gasteiger partial charge in [-0.2, -0.15) is 4.31 Å². The number of carbonyl (C=O) groups excluding carboxylic acids is 1. The standard InChI is InChI=1S/C24H30N2O3S/c1-24(2)17-23(27)25(3)22-10-9-20(16-21(22)24)30(28,29)26-13-11-19(12-14-26)15-18-7-5-4-6-8-18/h4-10,16,19H,11-15,17H2,1-3H3. The van der Waals surface area contributed by atoms with E-state index in [2.05, 4.69) is 24.3 Å². The van der Waals surface area contributed by atoms with Gasteiger partial charge in [0.1, 0.15) is 0 Å². The van der Waals surface area contributed by atoms with Crippen molar-refractivity contribution in [2.24, 2.45) is 5.92 Å². The van der Waals surface area contributed by atoms with Crippen molar-refractivity contribution in [1.29, 1.82) is 0 Å². The Morgan fingerprint density at radius 2 is 1.70 bits per heavy atom. The molecule has 2 aromatic rings. The molecular formula is C24H30N2O3S. The van der Waals surface area contributed by atoms with Gasteiger partial charge < -0.3 is 4.90 Å². The summed E-state index contributed by atoms with van der Waals surface area (Å²) in [6, 6.07) is 15.6. The summed E-state index contributed by atoms with van der Waals surface area (Å²) in [4.78, 5) is 14.2. The van der Waals surface area contributed by atoms with Crippen molar-refractivity contribution >= 4 is 21.6 Å². The molecule has 0 bridgehead atoms. The van der Waals surface area contributed by atoms with Crippen molar-refractivity contribution in [1.82, 2.24) is 4.31 Å². The average molecular weight is 427 g/mol. The van der Waals surface area contributed by atoms with E-state index in [9.17, 15) is 13.2 Å². The number of carbonyl (C=O) groups is 1. The summed E-state index contributed by atoms with van der Waals surface area (Å²) in [5, 5.41) is 0. The van der Waals surface area contributed by atoms with Gasteiger partial charge >= 0.3 is 0 Å². The van der Waals surface area contributed by atoms with E-state index in [1.165, 1.54) is 5.56 Å². The van der Waals surface area contributed by atoms with Crippen LogP contribution in [0.15, 0.2) is 53.4 Å². The molecule has 4 rings (SSSR count). The van der Waals surface area contributed by atoms with E-state index in [1.54, 1.807) is 34.5 Å². The number of fused-ring (bicyclic) bond motifs is 1. The minimum Gasteiger partial charge on any atom is -0.315 e. The SMILES string of the molecule is CN1C(=O)CC(C)(C)c2cc(S(=O)(=O)N3CCC(Cc4ccccc4)CC3)ccc21. The second-order valence-electron chi connectivity index (χ2n) is 9.23. The Morgan fingerprint density at radius 3 is 2.37 bits per heavy atom. The fraction of sp³-hybridized carbons (Fsp3) is 0.458. The van der Waals surface area contributed by atoms with Crippen LogP contribution in [0.4, 0.5) is 5.69 Å². The number of sulfonamides is 1. The van der Waals surface area contributed by atoms with Crippen LogP contribution >= 0.6 is 0 Å². The molecule has 0 unspecified atom stereocenters. The molecule has 160 valence electrons. The van der Waals surface area contributed by atoms with Gasteiger partial charge in [-0.05, 0) is 54.5 Å². The lowest BCUT2D eigenvalue weighted by molar-refractivity contribution is -0.119. The van der Waals surface area contributed by atoms with Gasteiger partial charge in [0.15, 0.2) is 0 Å². The Hall–Kier alpha value is -2.18. The average Bonchev–Trinajstić information content (AvgIpc) is 2.73. The maximum atomic E-state index is 13.3. The van der Waals surface area contributed by atoms with E-state index >= 15 is 0 Å². The van der Waals surface area contributed by atoms with Gasteiger partial charge in [-0.25, -0.2) is 8.42 Å². The molecule has 0 saturated carbocycles. The van der Waals surface area contributed by atoms with Gasteiger partial charge in [0.2, 0.25) is 15.9 Å². The number of hydrogen-bond acceptors (Lipinski definition) is 3. The maximum Gasteiger partial charge on any atom is 0.243 e. The van der Waals surface area contributed by atoms with Crippen molar-refractivity contribution in [3.8, 4) is 0 Å². The first kappa shape index (κ1) is 21.1. The predicted molar refractivity (Wildman–Crippen MR) is 119 cm³/mol. The third kappa shape index (κ3) is 3.91. The van der Waals surface area contributed by atoms with Crippen LogP contribution in [0.1, 0.15) is 44.2 Å². The molecule has 30 heavy (non-hydrogen) atoms. The van der Waals surface area contributed by atoms with Crippen LogP contribution in [0.25, 0.3) is 0 Å². The van der Waals surface area contributed by atoms with E-state index in [-0.39, 0.29) is 11.3 Å². The number of hydrogen-bond donors (Lipinski definition) is 0. The molecular weight excluding hydrogens is 396 g/mol. The highest BCUT2D eigenvalue weighted by atomic mass is 32.2. The minimum absolute atomic E-state index is 0.0589. The number of amides is 1. The summed E-state index contributed by atoms with van der Waals surface area (Å²) >= 11 is 0. The van der Waals surface area contributed by atoms with Crippen LogP contribution in [0.5, 0.6) is 0 Å². The van der Waals surface area contributed by atoms with Gasteiger partial charge in [0.25, 0.3) is 0 Å². The fourth-order valence-corrected chi connectivity index (χ4v) is 6.18. The Morgan fingerprint density at radius 1 is 1.03 bits per heavy atom. The highest BCUT2D eigenvalue weighted by Gasteiger charge is 2.37. The second kappa shape index (κ2) is 7.82. The zero-order valence-electron chi connectivity index (χ0n) is 18.0. The van der Waals surface area contributed by atoms with Gasteiger partial charge in [0.05, 0.1) is 4.90 Å². The molecule has 2 aromatic carbocycles. The van der Waals surface area contributed by atoms with Crippen molar-refractivity contribution < 1.29 is 13.2 Å². The largest absolute Gasteiger partial charge is 0.315 e. The molecule has 1 amide bonds. The summed E-state index contributed by atoms with van der Waals surface area (Å²) in [6.45, 7) is 5.11. The van der Waals surface area contributed by atoms with E-state index < -0.39 is 10.0 Å². The monoisotopic (exact) mass is 426 g/mol. The van der Waals surface area contributed by atoms with Crippen LogP contribution in [0, 0.1) is 5.92 Å². The lowest BCUT2D eigenvalue weighted by Crippen LogP contribution is -2.41. The Bertz CT molecular complexity index is 1040. The first-order valence-corrected chi connectivity index (χ1v) is 12.1. The molecule has 0 spiro atoms. The molecule has 0 aliphatic carbocycles. The van der Waals surface area contributed by atoms with Crippen molar-refractivity contribution in [3.63, 3.8) is 0 Å². The van der Waals surface area contributed by atoms with Crippen LogP contribution in [0.2, 0.25) is 0 Å². The van der Waals surface area contributed by atoms with Crippen LogP contribution in [0.3, 0.4) is 0 Å². The maximum absolute atomic E-state index is 13.3. The quantitative estimate of drug-likeness (QED) is 0.743. The number of benzene rings is 2. The van der Waals surface area contributed by atoms with Crippen molar-refractivity contribution in [2.75, 3.05) is 25.0 Å². The third-order valence-corrected chi connectivity index (χ3v) is 8.50. The van der Waals surface area contributed by atoms with Crippen molar-refractivity contribution in [2.45, 2.75) is 49.8 Å². The van der Waals surface area contributed by atoms with E-state index in [0.29, 0.717) is 30.3 Å². The van der Waals surface area contributed by atoms with Crippen LogP contribution in [-0.4, -0.2) is 38.8 Å². The summed E-state index contributed by atoms with van der Waals surface area (Å²) < 4.78 is 28.3. The molecule has 5 nitrogen and oxygen atoms in total. The molecule has 0 atom stereocenters. The summed E-state index contributed by atoms with van der Waals surface area (Å²) in [5.41, 5.74) is 2.66. The molecule has 6 heteroatoms. The smallest absolute Gasteiger partial charge is 0.243 e. The zero-order chi connectivity index (χ0) is 21.5.